The quantitative estimate of drug-likeness (QED) is 0.503. The van der Waals surface area contributed by atoms with Gasteiger partial charge in [-0.3, -0.25) is 0 Å². The predicted octanol–water partition coefficient (Wildman–Crippen LogP) is 7.46. The molecule has 2 aromatic rings. The van der Waals surface area contributed by atoms with Crippen molar-refractivity contribution in [2.75, 3.05) is 7.11 Å². The number of ether oxygens (including phenoxy) is 1. The Balaban J connectivity index is 1.57. The first-order valence-electron chi connectivity index (χ1n) is 10.5. The van der Waals surface area contributed by atoms with E-state index in [0.29, 0.717) is 0 Å². The SMILES string of the molecule is CCCCC(C)C1CCC(c2ccc(-c3ccc(OC)cc3)cc2)CC1. The van der Waals surface area contributed by atoms with Gasteiger partial charge in [0.15, 0.2) is 0 Å². The summed E-state index contributed by atoms with van der Waals surface area (Å²) < 4.78 is 5.25. The maximum atomic E-state index is 5.25. The fourth-order valence-corrected chi connectivity index (χ4v) is 4.51. The van der Waals surface area contributed by atoms with Crippen LogP contribution in [0.25, 0.3) is 11.1 Å². The minimum atomic E-state index is 0.759. The van der Waals surface area contributed by atoms with E-state index in [1.807, 2.05) is 12.1 Å². The molecular weight excluding hydrogens is 316 g/mol. The van der Waals surface area contributed by atoms with Gasteiger partial charge in [0, 0.05) is 0 Å². The lowest BCUT2D eigenvalue weighted by Gasteiger charge is -2.32. The molecule has 3 rings (SSSR count). The van der Waals surface area contributed by atoms with Crippen LogP contribution in [0, 0.1) is 11.8 Å². The lowest BCUT2D eigenvalue weighted by molar-refractivity contribution is 0.232. The molecule has 1 unspecified atom stereocenters. The third-order valence-electron chi connectivity index (χ3n) is 6.40. The molecule has 0 aliphatic heterocycles. The highest BCUT2D eigenvalue weighted by atomic mass is 16.5. The molecule has 0 radical (unpaired) electrons. The number of methoxy groups -OCH3 is 1. The van der Waals surface area contributed by atoms with E-state index in [4.69, 9.17) is 4.74 Å². The summed E-state index contributed by atoms with van der Waals surface area (Å²) in [6.07, 6.45) is 9.70. The summed E-state index contributed by atoms with van der Waals surface area (Å²) in [7, 11) is 1.71. The lowest BCUT2D eigenvalue weighted by atomic mass is 9.73. The third kappa shape index (κ3) is 4.69. The van der Waals surface area contributed by atoms with Crippen LogP contribution in [0.3, 0.4) is 0 Å². The summed E-state index contributed by atoms with van der Waals surface area (Å²) in [6.45, 7) is 4.78. The van der Waals surface area contributed by atoms with Crippen LogP contribution >= 0.6 is 0 Å². The van der Waals surface area contributed by atoms with E-state index in [9.17, 15) is 0 Å². The van der Waals surface area contributed by atoms with Crippen molar-refractivity contribution in [3.05, 3.63) is 54.1 Å². The second-order valence-electron chi connectivity index (χ2n) is 8.08. The minimum Gasteiger partial charge on any atom is -0.497 e. The van der Waals surface area contributed by atoms with E-state index >= 15 is 0 Å². The Kier molecular flexibility index (Phi) is 6.77. The molecule has 1 heteroatoms. The number of hydrogen-bond donors (Lipinski definition) is 0. The van der Waals surface area contributed by atoms with E-state index in [1.165, 1.54) is 61.6 Å². The van der Waals surface area contributed by atoms with Crippen molar-refractivity contribution in [1.82, 2.24) is 0 Å². The Morgan fingerprint density at radius 1 is 0.885 bits per heavy atom. The van der Waals surface area contributed by atoms with E-state index in [2.05, 4.69) is 50.2 Å². The van der Waals surface area contributed by atoms with Crippen molar-refractivity contribution in [3.8, 4) is 16.9 Å². The Morgan fingerprint density at radius 3 is 2.00 bits per heavy atom. The fourth-order valence-electron chi connectivity index (χ4n) is 4.51. The summed E-state index contributed by atoms with van der Waals surface area (Å²) in [6, 6.07) is 17.6. The second-order valence-corrected chi connectivity index (χ2v) is 8.08. The topological polar surface area (TPSA) is 9.23 Å². The molecule has 140 valence electrons. The highest BCUT2D eigenvalue weighted by Gasteiger charge is 2.25. The molecule has 2 aromatic carbocycles. The third-order valence-corrected chi connectivity index (χ3v) is 6.40. The smallest absolute Gasteiger partial charge is 0.118 e. The molecule has 0 aromatic heterocycles. The summed E-state index contributed by atoms with van der Waals surface area (Å²) in [4.78, 5) is 0. The van der Waals surface area contributed by atoms with Gasteiger partial charge in [-0.05, 0) is 72.3 Å². The monoisotopic (exact) mass is 350 g/mol. The zero-order chi connectivity index (χ0) is 18.4. The van der Waals surface area contributed by atoms with Crippen LogP contribution in [0.4, 0.5) is 0 Å². The molecule has 1 saturated carbocycles. The zero-order valence-corrected chi connectivity index (χ0v) is 16.7. The number of unbranched alkanes of at least 4 members (excludes halogenated alkanes) is 1. The molecule has 1 aliphatic rings. The summed E-state index contributed by atoms with van der Waals surface area (Å²) in [5, 5.41) is 0. The summed E-state index contributed by atoms with van der Waals surface area (Å²) >= 11 is 0. The molecule has 1 atom stereocenters. The van der Waals surface area contributed by atoms with Crippen LogP contribution in [-0.4, -0.2) is 7.11 Å². The first-order chi connectivity index (χ1) is 12.7. The highest BCUT2D eigenvalue weighted by Crippen LogP contribution is 2.40. The Hall–Kier alpha value is -1.76. The summed E-state index contributed by atoms with van der Waals surface area (Å²) in [5.74, 6) is 3.54. The van der Waals surface area contributed by atoms with Gasteiger partial charge < -0.3 is 4.74 Å². The first kappa shape index (κ1) is 19.0. The van der Waals surface area contributed by atoms with Crippen LogP contribution in [-0.2, 0) is 0 Å². The van der Waals surface area contributed by atoms with Crippen molar-refractivity contribution >= 4 is 0 Å². The van der Waals surface area contributed by atoms with E-state index in [-0.39, 0.29) is 0 Å². The highest BCUT2D eigenvalue weighted by molar-refractivity contribution is 5.64. The fraction of sp³-hybridized carbons (Fsp3) is 0.520. The summed E-state index contributed by atoms with van der Waals surface area (Å²) in [5.41, 5.74) is 4.08. The van der Waals surface area contributed by atoms with Crippen molar-refractivity contribution in [3.63, 3.8) is 0 Å². The van der Waals surface area contributed by atoms with Crippen molar-refractivity contribution in [2.45, 2.75) is 64.7 Å². The number of hydrogen-bond acceptors (Lipinski definition) is 1. The van der Waals surface area contributed by atoms with Crippen molar-refractivity contribution in [1.29, 1.82) is 0 Å². The lowest BCUT2D eigenvalue weighted by Crippen LogP contribution is -2.19. The van der Waals surface area contributed by atoms with Gasteiger partial charge >= 0.3 is 0 Å². The van der Waals surface area contributed by atoms with E-state index < -0.39 is 0 Å². The van der Waals surface area contributed by atoms with Gasteiger partial charge in [0.1, 0.15) is 5.75 Å². The largest absolute Gasteiger partial charge is 0.497 e. The van der Waals surface area contributed by atoms with Crippen molar-refractivity contribution in [2.24, 2.45) is 11.8 Å². The van der Waals surface area contributed by atoms with Crippen LogP contribution in [0.2, 0.25) is 0 Å². The predicted molar refractivity (Wildman–Crippen MR) is 112 cm³/mol. The van der Waals surface area contributed by atoms with Gasteiger partial charge in [-0.15, -0.1) is 0 Å². The molecule has 0 amide bonds. The van der Waals surface area contributed by atoms with Crippen molar-refractivity contribution < 1.29 is 4.74 Å². The van der Waals surface area contributed by atoms with E-state index in [1.54, 1.807) is 7.11 Å². The van der Waals surface area contributed by atoms with Gasteiger partial charge in [-0.1, -0.05) is 69.5 Å². The van der Waals surface area contributed by atoms with Crippen LogP contribution in [0.5, 0.6) is 5.75 Å². The van der Waals surface area contributed by atoms with Gasteiger partial charge in [0.25, 0.3) is 0 Å². The molecule has 26 heavy (non-hydrogen) atoms. The molecule has 0 N–H and O–H groups in total. The number of benzene rings is 2. The minimum absolute atomic E-state index is 0.759. The maximum absolute atomic E-state index is 5.25. The van der Waals surface area contributed by atoms with Gasteiger partial charge in [-0.25, -0.2) is 0 Å². The van der Waals surface area contributed by atoms with Crippen LogP contribution in [0.1, 0.15) is 70.3 Å². The molecule has 0 heterocycles. The Bertz CT molecular complexity index is 648. The number of rotatable bonds is 7. The normalized spacial score (nSPS) is 21.3. The van der Waals surface area contributed by atoms with Gasteiger partial charge in [0.2, 0.25) is 0 Å². The Morgan fingerprint density at radius 2 is 1.46 bits per heavy atom. The van der Waals surface area contributed by atoms with Crippen LogP contribution < -0.4 is 4.74 Å². The molecular formula is C25H34O. The zero-order valence-electron chi connectivity index (χ0n) is 16.7. The average Bonchev–Trinajstić information content (AvgIpc) is 2.72. The van der Waals surface area contributed by atoms with E-state index in [0.717, 1.165) is 23.5 Å². The van der Waals surface area contributed by atoms with Gasteiger partial charge in [-0.2, -0.15) is 0 Å². The standard InChI is InChI=1S/C25H34O/c1-4-5-6-19(2)20-7-9-21(10-8-20)22-11-13-23(14-12-22)24-15-17-25(26-3)18-16-24/h11-21H,4-10H2,1-3H3. The second kappa shape index (κ2) is 9.26. The molecule has 1 fully saturated rings. The Labute approximate surface area is 159 Å². The molecule has 0 bridgehead atoms. The molecule has 1 aliphatic carbocycles. The average molecular weight is 351 g/mol. The van der Waals surface area contributed by atoms with Gasteiger partial charge in [0.05, 0.1) is 7.11 Å². The maximum Gasteiger partial charge on any atom is 0.118 e. The molecule has 1 nitrogen and oxygen atoms in total. The van der Waals surface area contributed by atoms with Crippen LogP contribution in [0.15, 0.2) is 48.5 Å². The first-order valence-corrected chi connectivity index (χ1v) is 10.5. The molecule has 0 saturated heterocycles. The molecule has 0 spiro atoms.